The van der Waals surface area contributed by atoms with Crippen LogP contribution < -0.4 is 5.32 Å². The van der Waals surface area contributed by atoms with Crippen LogP contribution in [0.25, 0.3) is 0 Å². The summed E-state index contributed by atoms with van der Waals surface area (Å²) in [7, 11) is 0. The van der Waals surface area contributed by atoms with Crippen molar-refractivity contribution in [3.8, 4) is 0 Å². The summed E-state index contributed by atoms with van der Waals surface area (Å²) in [6.07, 6.45) is 1.94. The van der Waals surface area contributed by atoms with Crippen molar-refractivity contribution in [2.24, 2.45) is 0 Å². The molecule has 1 heterocycles. The topological polar surface area (TPSA) is 24.9 Å². The number of hydrogen-bond acceptors (Lipinski definition) is 2. The first-order valence-corrected chi connectivity index (χ1v) is 5.75. The summed E-state index contributed by atoms with van der Waals surface area (Å²) in [5, 5.41) is 3.09. The highest BCUT2D eigenvalue weighted by Gasteiger charge is 2.00. The number of pyridine rings is 1. The smallest absolute Gasteiger partial charge is 0.141 e. The van der Waals surface area contributed by atoms with Gasteiger partial charge in [-0.1, -0.05) is 6.07 Å². The number of aromatic nitrogens is 1. The van der Waals surface area contributed by atoms with Crippen LogP contribution in [0.15, 0.2) is 36.5 Å². The van der Waals surface area contributed by atoms with Gasteiger partial charge in [-0.25, -0.2) is 13.8 Å². The van der Waals surface area contributed by atoms with E-state index in [1.807, 2.05) is 6.92 Å². The lowest BCUT2D eigenvalue weighted by molar-refractivity contribution is 0.621. The highest BCUT2D eigenvalue weighted by molar-refractivity contribution is 5.34. The molecule has 0 spiro atoms. The predicted molar refractivity (Wildman–Crippen MR) is 67.5 cm³/mol. The number of anilines is 1. The lowest BCUT2D eigenvalue weighted by Crippen LogP contribution is -2.07. The molecule has 0 aliphatic carbocycles. The van der Waals surface area contributed by atoms with E-state index in [0.29, 0.717) is 12.4 Å². The third-order valence-electron chi connectivity index (χ3n) is 2.73. The van der Waals surface area contributed by atoms with Crippen molar-refractivity contribution in [3.05, 3.63) is 59.3 Å². The van der Waals surface area contributed by atoms with E-state index < -0.39 is 0 Å². The van der Waals surface area contributed by atoms with Gasteiger partial charge in [0, 0.05) is 6.54 Å². The Balaban J connectivity index is 1.90. The molecule has 0 aliphatic heterocycles. The number of nitrogens with one attached hydrogen (secondary N) is 1. The average molecular weight is 248 g/mol. The molecule has 94 valence electrons. The Morgan fingerprint density at radius 1 is 1.11 bits per heavy atom. The standard InChI is InChI=1S/C14H14F2N2/c1-10-8-12(15)3-2-11(10)6-7-17-14-5-4-13(16)9-18-14/h2-5,8-9H,6-7H2,1H3,(H,17,18). The molecule has 0 atom stereocenters. The van der Waals surface area contributed by atoms with Gasteiger partial charge >= 0.3 is 0 Å². The molecule has 1 N–H and O–H groups in total. The summed E-state index contributed by atoms with van der Waals surface area (Å²) in [4.78, 5) is 3.90. The zero-order valence-electron chi connectivity index (χ0n) is 10.1. The second-order valence-electron chi connectivity index (χ2n) is 4.11. The summed E-state index contributed by atoms with van der Waals surface area (Å²) in [5.74, 6) is 0.0653. The third kappa shape index (κ3) is 3.26. The van der Waals surface area contributed by atoms with Crippen LogP contribution in [0.3, 0.4) is 0 Å². The summed E-state index contributed by atoms with van der Waals surface area (Å²) < 4.78 is 25.6. The Kier molecular flexibility index (Phi) is 3.87. The molecule has 0 bridgehead atoms. The second-order valence-corrected chi connectivity index (χ2v) is 4.11. The van der Waals surface area contributed by atoms with Gasteiger partial charge in [-0.05, 0) is 48.7 Å². The van der Waals surface area contributed by atoms with Crippen LogP contribution in [-0.4, -0.2) is 11.5 Å². The molecule has 0 amide bonds. The molecule has 2 aromatic rings. The monoisotopic (exact) mass is 248 g/mol. The Morgan fingerprint density at radius 2 is 1.89 bits per heavy atom. The van der Waals surface area contributed by atoms with Gasteiger partial charge in [-0.3, -0.25) is 0 Å². The molecule has 2 rings (SSSR count). The lowest BCUT2D eigenvalue weighted by Gasteiger charge is -2.08. The number of halogens is 2. The highest BCUT2D eigenvalue weighted by atomic mass is 19.1. The molecule has 1 aromatic heterocycles. The minimum absolute atomic E-state index is 0.218. The molecule has 0 aliphatic rings. The van der Waals surface area contributed by atoms with Gasteiger partial charge in [0.05, 0.1) is 6.20 Å². The minimum Gasteiger partial charge on any atom is -0.370 e. The zero-order valence-corrected chi connectivity index (χ0v) is 10.1. The lowest BCUT2D eigenvalue weighted by atomic mass is 10.1. The summed E-state index contributed by atoms with van der Waals surface area (Å²) in [6.45, 7) is 2.56. The van der Waals surface area contributed by atoms with Crippen molar-refractivity contribution in [2.75, 3.05) is 11.9 Å². The van der Waals surface area contributed by atoms with Gasteiger partial charge in [0.1, 0.15) is 17.5 Å². The van der Waals surface area contributed by atoms with Crippen LogP contribution in [0, 0.1) is 18.6 Å². The minimum atomic E-state index is -0.352. The normalized spacial score (nSPS) is 10.4. The van der Waals surface area contributed by atoms with Crippen molar-refractivity contribution in [3.63, 3.8) is 0 Å². The molecule has 0 unspecified atom stereocenters. The Labute approximate surface area is 105 Å². The van der Waals surface area contributed by atoms with Crippen molar-refractivity contribution in [2.45, 2.75) is 13.3 Å². The molecular weight excluding hydrogens is 234 g/mol. The molecule has 1 aromatic carbocycles. The van der Waals surface area contributed by atoms with Gasteiger partial charge in [0.25, 0.3) is 0 Å². The number of hydrogen-bond donors (Lipinski definition) is 1. The van der Waals surface area contributed by atoms with E-state index >= 15 is 0 Å². The Morgan fingerprint density at radius 3 is 2.56 bits per heavy atom. The summed E-state index contributed by atoms with van der Waals surface area (Å²) >= 11 is 0. The number of benzene rings is 1. The van der Waals surface area contributed by atoms with E-state index in [1.165, 1.54) is 24.4 Å². The van der Waals surface area contributed by atoms with Gasteiger partial charge in [0.2, 0.25) is 0 Å². The molecule has 0 radical (unpaired) electrons. The van der Waals surface area contributed by atoms with E-state index in [1.54, 1.807) is 12.1 Å². The van der Waals surface area contributed by atoms with Crippen LogP contribution in [0.4, 0.5) is 14.6 Å². The molecule has 2 nitrogen and oxygen atoms in total. The molecule has 0 saturated heterocycles. The molecule has 18 heavy (non-hydrogen) atoms. The SMILES string of the molecule is Cc1cc(F)ccc1CCNc1ccc(F)cn1. The third-order valence-corrected chi connectivity index (χ3v) is 2.73. The fourth-order valence-electron chi connectivity index (χ4n) is 1.75. The van der Waals surface area contributed by atoms with Crippen molar-refractivity contribution in [1.29, 1.82) is 0 Å². The van der Waals surface area contributed by atoms with E-state index in [0.717, 1.165) is 17.5 Å². The van der Waals surface area contributed by atoms with Crippen LogP contribution in [0.5, 0.6) is 0 Å². The fourth-order valence-corrected chi connectivity index (χ4v) is 1.75. The second kappa shape index (κ2) is 5.58. The van der Waals surface area contributed by atoms with E-state index in [9.17, 15) is 8.78 Å². The van der Waals surface area contributed by atoms with Crippen LogP contribution in [-0.2, 0) is 6.42 Å². The zero-order chi connectivity index (χ0) is 13.0. The summed E-state index contributed by atoms with van der Waals surface area (Å²) in [6, 6.07) is 7.71. The van der Waals surface area contributed by atoms with Crippen molar-refractivity contribution in [1.82, 2.24) is 4.98 Å². The average Bonchev–Trinajstić information content (AvgIpc) is 2.34. The molecule has 0 fully saturated rings. The van der Waals surface area contributed by atoms with Crippen molar-refractivity contribution < 1.29 is 8.78 Å². The first-order chi connectivity index (χ1) is 8.65. The Hall–Kier alpha value is -1.97. The predicted octanol–water partition coefficient (Wildman–Crippen LogP) is 3.32. The van der Waals surface area contributed by atoms with Gasteiger partial charge in [-0.15, -0.1) is 0 Å². The van der Waals surface area contributed by atoms with E-state index in [2.05, 4.69) is 10.3 Å². The van der Waals surface area contributed by atoms with Crippen LogP contribution in [0.2, 0.25) is 0 Å². The van der Waals surface area contributed by atoms with E-state index in [-0.39, 0.29) is 11.6 Å². The van der Waals surface area contributed by atoms with Gasteiger partial charge in [0.15, 0.2) is 0 Å². The molecule has 0 saturated carbocycles. The summed E-state index contributed by atoms with van der Waals surface area (Å²) in [5.41, 5.74) is 2.02. The van der Waals surface area contributed by atoms with Crippen LogP contribution >= 0.6 is 0 Å². The molecule has 4 heteroatoms. The first kappa shape index (κ1) is 12.5. The highest BCUT2D eigenvalue weighted by Crippen LogP contribution is 2.11. The first-order valence-electron chi connectivity index (χ1n) is 5.75. The van der Waals surface area contributed by atoms with E-state index in [4.69, 9.17) is 0 Å². The molecular formula is C14H14F2N2. The maximum Gasteiger partial charge on any atom is 0.141 e. The van der Waals surface area contributed by atoms with Gasteiger partial charge < -0.3 is 5.32 Å². The number of rotatable bonds is 4. The number of aryl methyl sites for hydroxylation is 1. The largest absolute Gasteiger partial charge is 0.370 e. The number of nitrogens with zero attached hydrogens (tertiary/aromatic N) is 1. The quantitative estimate of drug-likeness (QED) is 0.897. The maximum absolute atomic E-state index is 12.9. The van der Waals surface area contributed by atoms with Crippen molar-refractivity contribution >= 4 is 5.82 Å². The van der Waals surface area contributed by atoms with Crippen LogP contribution in [0.1, 0.15) is 11.1 Å². The van der Waals surface area contributed by atoms with Gasteiger partial charge in [-0.2, -0.15) is 0 Å². The fraction of sp³-hybridized carbons (Fsp3) is 0.214. The Bertz CT molecular complexity index is 524. The maximum atomic E-state index is 12.9.